The van der Waals surface area contributed by atoms with Gasteiger partial charge in [0.15, 0.2) is 11.6 Å². The molecule has 0 spiro atoms. The molecule has 188 valence electrons. The first-order valence-electron chi connectivity index (χ1n) is 13.0. The molecule has 1 heterocycles. The van der Waals surface area contributed by atoms with Gasteiger partial charge in [-0.3, -0.25) is 4.79 Å². The van der Waals surface area contributed by atoms with Gasteiger partial charge in [-0.25, -0.2) is 9.97 Å². The Hall–Kier alpha value is -2.47. The summed E-state index contributed by atoms with van der Waals surface area (Å²) in [4.78, 5) is 20.6. The van der Waals surface area contributed by atoms with Crippen molar-refractivity contribution in [3.63, 3.8) is 0 Å². The van der Waals surface area contributed by atoms with E-state index >= 15 is 0 Å². The van der Waals surface area contributed by atoms with Crippen molar-refractivity contribution in [2.45, 2.75) is 90.4 Å². The second-order valence-electron chi connectivity index (χ2n) is 8.83. The number of carbonyl (C=O) groups is 1. The van der Waals surface area contributed by atoms with Gasteiger partial charge in [0.2, 0.25) is 0 Å². The smallest absolute Gasteiger partial charge is 0.310 e. The number of nitrogens with zero attached hydrogens (tertiary/aromatic N) is 2. The number of benzene rings is 1. The van der Waals surface area contributed by atoms with Gasteiger partial charge in [-0.05, 0) is 31.2 Å². The average Bonchev–Trinajstić information content (AvgIpc) is 2.85. The normalized spacial score (nSPS) is 11.9. The lowest BCUT2D eigenvalue weighted by atomic mass is 9.92. The number of hydrogen-bond acceptors (Lipinski definition) is 5. The molecule has 0 saturated carbocycles. The fourth-order valence-corrected chi connectivity index (χ4v) is 3.84. The van der Waals surface area contributed by atoms with E-state index in [1.54, 1.807) is 12.4 Å². The van der Waals surface area contributed by atoms with Crippen LogP contribution in [0.3, 0.4) is 0 Å². The van der Waals surface area contributed by atoms with E-state index in [-0.39, 0.29) is 0 Å². The van der Waals surface area contributed by atoms with Crippen LogP contribution in [0, 0.1) is 0 Å². The third-order valence-electron chi connectivity index (χ3n) is 5.94. The van der Waals surface area contributed by atoms with Gasteiger partial charge in [0.05, 0.1) is 24.9 Å². The second-order valence-corrected chi connectivity index (χ2v) is 8.83. The lowest BCUT2D eigenvalue weighted by molar-refractivity contribution is -0.139. The molecule has 2 aromatic rings. The molecule has 0 aliphatic heterocycles. The summed E-state index contributed by atoms with van der Waals surface area (Å²) in [7, 11) is 0. The zero-order chi connectivity index (χ0) is 24.4. The predicted octanol–water partition coefficient (Wildman–Crippen LogP) is 7.04. The van der Waals surface area contributed by atoms with Gasteiger partial charge in [-0.2, -0.15) is 0 Å². The van der Waals surface area contributed by atoms with Crippen LogP contribution in [0.2, 0.25) is 0 Å². The van der Waals surface area contributed by atoms with Crippen molar-refractivity contribution < 1.29 is 19.4 Å². The molecule has 0 fully saturated rings. The van der Waals surface area contributed by atoms with E-state index in [4.69, 9.17) is 9.47 Å². The maximum Gasteiger partial charge on any atom is 0.310 e. The van der Waals surface area contributed by atoms with E-state index in [1.807, 2.05) is 24.3 Å². The third kappa shape index (κ3) is 10.6. The van der Waals surface area contributed by atoms with Gasteiger partial charge in [0.1, 0.15) is 0 Å². The summed E-state index contributed by atoms with van der Waals surface area (Å²) < 4.78 is 11.3. The van der Waals surface area contributed by atoms with E-state index in [0.717, 1.165) is 56.4 Å². The van der Waals surface area contributed by atoms with Gasteiger partial charge >= 0.3 is 5.97 Å². The van der Waals surface area contributed by atoms with Crippen molar-refractivity contribution in [1.29, 1.82) is 0 Å². The first-order valence-corrected chi connectivity index (χ1v) is 13.0. The number of carboxylic acid groups (broad SMARTS) is 1. The van der Waals surface area contributed by atoms with Crippen molar-refractivity contribution in [3.05, 3.63) is 42.2 Å². The summed E-state index contributed by atoms with van der Waals surface area (Å²) >= 11 is 0. The van der Waals surface area contributed by atoms with Gasteiger partial charge in [0.25, 0.3) is 0 Å². The molecule has 6 heteroatoms. The molecule has 0 radical (unpaired) electrons. The number of carboxylic acids is 1. The Morgan fingerprint density at radius 1 is 0.824 bits per heavy atom. The van der Waals surface area contributed by atoms with E-state index in [2.05, 4.69) is 23.8 Å². The summed E-state index contributed by atoms with van der Waals surface area (Å²) in [5.74, 6) is 0.0298. The average molecular weight is 471 g/mol. The molecule has 1 aromatic heterocycles. The van der Waals surface area contributed by atoms with Crippen LogP contribution in [0.5, 0.6) is 5.75 Å². The first kappa shape index (κ1) is 27.8. The van der Waals surface area contributed by atoms with Gasteiger partial charge in [-0.15, -0.1) is 0 Å². The third-order valence-corrected chi connectivity index (χ3v) is 5.94. The standard InChI is InChI=1S/C28H42N2O4/c1-3-5-7-8-9-13-26(28(31)32)23-14-16-24(17-15-23)27-29-21-25(22-30-27)34-20-12-11-19-33-18-10-6-4-2/h14-17,21-22,26H,3-13,18-20H2,1-2H3,(H,31,32). The number of hydrogen-bond donors (Lipinski definition) is 1. The predicted molar refractivity (Wildman–Crippen MR) is 136 cm³/mol. The van der Waals surface area contributed by atoms with Crippen LogP contribution in [-0.4, -0.2) is 40.9 Å². The van der Waals surface area contributed by atoms with Crippen molar-refractivity contribution in [1.82, 2.24) is 9.97 Å². The minimum absolute atomic E-state index is 0.464. The zero-order valence-corrected chi connectivity index (χ0v) is 21.0. The minimum Gasteiger partial charge on any atom is -0.490 e. The van der Waals surface area contributed by atoms with Crippen LogP contribution in [0.4, 0.5) is 0 Å². The summed E-state index contributed by atoms with van der Waals surface area (Å²) in [6.07, 6.45) is 15.1. The second kappa shape index (κ2) is 17.0. The molecule has 0 aliphatic carbocycles. The van der Waals surface area contributed by atoms with Crippen molar-refractivity contribution in [2.24, 2.45) is 0 Å². The molecular formula is C28H42N2O4. The summed E-state index contributed by atoms with van der Waals surface area (Å²) in [5.41, 5.74) is 1.70. The van der Waals surface area contributed by atoms with Crippen LogP contribution in [0.15, 0.2) is 36.7 Å². The van der Waals surface area contributed by atoms with Crippen LogP contribution < -0.4 is 4.74 Å². The van der Waals surface area contributed by atoms with Gasteiger partial charge < -0.3 is 14.6 Å². The van der Waals surface area contributed by atoms with Crippen molar-refractivity contribution in [3.8, 4) is 17.1 Å². The highest BCUT2D eigenvalue weighted by Gasteiger charge is 2.19. The fraction of sp³-hybridized carbons (Fsp3) is 0.607. The molecule has 0 bridgehead atoms. The molecule has 1 N–H and O–H groups in total. The summed E-state index contributed by atoms with van der Waals surface area (Å²) in [6, 6.07) is 7.58. The topological polar surface area (TPSA) is 81.5 Å². The number of aromatic nitrogens is 2. The van der Waals surface area contributed by atoms with Crippen LogP contribution in [-0.2, 0) is 9.53 Å². The lowest BCUT2D eigenvalue weighted by Crippen LogP contribution is -2.11. The Morgan fingerprint density at radius 3 is 2.06 bits per heavy atom. The molecule has 34 heavy (non-hydrogen) atoms. The monoisotopic (exact) mass is 470 g/mol. The maximum absolute atomic E-state index is 11.8. The van der Waals surface area contributed by atoms with E-state index in [9.17, 15) is 9.90 Å². The molecule has 0 amide bonds. The number of unbranched alkanes of at least 4 members (excludes halogenated alkanes) is 7. The highest BCUT2D eigenvalue weighted by molar-refractivity contribution is 5.76. The molecule has 0 aliphatic rings. The Balaban J connectivity index is 1.76. The minimum atomic E-state index is -0.760. The molecule has 1 atom stereocenters. The van der Waals surface area contributed by atoms with E-state index in [0.29, 0.717) is 24.6 Å². The lowest BCUT2D eigenvalue weighted by Gasteiger charge is -2.13. The summed E-state index contributed by atoms with van der Waals surface area (Å²) in [6.45, 7) is 6.61. The molecule has 6 nitrogen and oxygen atoms in total. The van der Waals surface area contributed by atoms with E-state index < -0.39 is 11.9 Å². The summed E-state index contributed by atoms with van der Waals surface area (Å²) in [5, 5.41) is 9.66. The Morgan fingerprint density at radius 2 is 1.41 bits per heavy atom. The number of ether oxygens (including phenoxy) is 2. The molecule has 2 rings (SSSR count). The number of rotatable bonds is 19. The molecule has 0 saturated heterocycles. The highest BCUT2D eigenvalue weighted by atomic mass is 16.5. The highest BCUT2D eigenvalue weighted by Crippen LogP contribution is 2.26. The fourth-order valence-electron chi connectivity index (χ4n) is 3.84. The Kier molecular flexibility index (Phi) is 13.9. The Bertz CT molecular complexity index is 793. The van der Waals surface area contributed by atoms with E-state index in [1.165, 1.54) is 32.1 Å². The van der Waals surface area contributed by atoms with Crippen LogP contribution in [0.25, 0.3) is 11.4 Å². The number of aliphatic carboxylic acids is 1. The van der Waals surface area contributed by atoms with Crippen molar-refractivity contribution >= 4 is 5.97 Å². The molecule has 1 aromatic carbocycles. The first-order chi connectivity index (χ1) is 16.7. The zero-order valence-electron chi connectivity index (χ0n) is 21.0. The SMILES string of the molecule is CCCCCCCC(C(=O)O)c1ccc(-c2ncc(OCCCCOCCCCC)cn2)cc1. The maximum atomic E-state index is 11.8. The molecular weight excluding hydrogens is 428 g/mol. The van der Waals surface area contributed by atoms with Crippen molar-refractivity contribution in [2.75, 3.05) is 19.8 Å². The quantitative estimate of drug-likeness (QED) is 0.222. The Labute approximate surface area is 205 Å². The molecule has 1 unspecified atom stereocenters. The van der Waals surface area contributed by atoms with Gasteiger partial charge in [-0.1, -0.05) is 83.1 Å². The largest absolute Gasteiger partial charge is 0.490 e. The van der Waals surface area contributed by atoms with Crippen LogP contribution in [0.1, 0.15) is 96.0 Å². The van der Waals surface area contributed by atoms with Gasteiger partial charge in [0, 0.05) is 18.8 Å². The van der Waals surface area contributed by atoms with Crippen LogP contribution >= 0.6 is 0 Å².